The zero-order chi connectivity index (χ0) is 14.7. The summed E-state index contributed by atoms with van der Waals surface area (Å²) >= 11 is 12.1. The van der Waals surface area contributed by atoms with E-state index in [-0.39, 0.29) is 0 Å². The molecule has 0 unspecified atom stereocenters. The first-order valence-corrected chi connectivity index (χ1v) is 7.67. The Morgan fingerprint density at radius 1 is 1.00 bits per heavy atom. The van der Waals surface area contributed by atoms with Crippen molar-refractivity contribution in [3.63, 3.8) is 0 Å². The van der Waals surface area contributed by atoms with E-state index >= 15 is 0 Å². The molecule has 2 aromatic rings. The highest BCUT2D eigenvalue weighted by Gasteiger charge is 2.19. The van der Waals surface area contributed by atoms with Crippen LogP contribution in [-0.4, -0.2) is 41.0 Å². The van der Waals surface area contributed by atoms with E-state index in [4.69, 9.17) is 23.2 Å². The summed E-state index contributed by atoms with van der Waals surface area (Å²) in [7, 11) is 0. The Kier molecular flexibility index (Phi) is 4.58. The van der Waals surface area contributed by atoms with Gasteiger partial charge in [0.25, 0.3) is 0 Å². The fourth-order valence-electron chi connectivity index (χ4n) is 2.46. The molecule has 0 aromatic carbocycles. The van der Waals surface area contributed by atoms with Crippen LogP contribution in [0.1, 0.15) is 5.69 Å². The lowest BCUT2D eigenvalue weighted by atomic mass is 10.2. The lowest BCUT2D eigenvalue weighted by Crippen LogP contribution is -2.46. The molecule has 110 valence electrons. The van der Waals surface area contributed by atoms with Crippen LogP contribution in [0.2, 0.25) is 10.2 Å². The van der Waals surface area contributed by atoms with Gasteiger partial charge in [-0.1, -0.05) is 29.3 Å². The van der Waals surface area contributed by atoms with Gasteiger partial charge in [0.05, 0.1) is 10.7 Å². The summed E-state index contributed by atoms with van der Waals surface area (Å²) in [5, 5.41) is 1.16. The maximum Gasteiger partial charge on any atom is 0.129 e. The number of pyridine rings is 2. The number of rotatable bonds is 3. The van der Waals surface area contributed by atoms with Crippen LogP contribution in [0.15, 0.2) is 36.5 Å². The first-order chi connectivity index (χ1) is 10.2. The van der Waals surface area contributed by atoms with Crippen LogP contribution in [0.4, 0.5) is 5.82 Å². The molecule has 1 fully saturated rings. The van der Waals surface area contributed by atoms with Crippen molar-refractivity contribution < 1.29 is 0 Å². The second-order valence-corrected chi connectivity index (χ2v) is 5.81. The van der Waals surface area contributed by atoms with E-state index < -0.39 is 0 Å². The third kappa shape index (κ3) is 3.64. The van der Waals surface area contributed by atoms with Crippen LogP contribution in [0.3, 0.4) is 0 Å². The Morgan fingerprint density at radius 2 is 1.81 bits per heavy atom. The Balaban J connectivity index is 1.60. The second kappa shape index (κ2) is 6.60. The molecule has 0 N–H and O–H groups in total. The number of hydrogen-bond acceptors (Lipinski definition) is 4. The predicted octanol–water partition coefficient (Wildman–Crippen LogP) is 3.11. The van der Waals surface area contributed by atoms with Crippen LogP contribution in [0.25, 0.3) is 0 Å². The quantitative estimate of drug-likeness (QED) is 0.813. The average molecular weight is 323 g/mol. The zero-order valence-electron chi connectivity index (χ0n) is 11.5. The number of piperazine rings is 1. The average Bonchev–Trinajstić information content (AvgIpc) is 2.53. The Hall–Kier alpha value is -1.36. The normalized spacial score (nSPS) is 16.2. The molecule has 0 atom stereocenters. The molecule has 1 aliphatic heterocycles. The molecule has 2 aromatic heterocycles. The summed E-state index contributed by atoms with van der Waals surface area (Å²) in [6.45, 7) is 4.56. The van der Waals surface area contributed by atoms with Crippen molar-refractivity contribution in [2.24, 2.45) is 0 Å². The van der Waals surface area contributed by atoms with E-state index in [9.17, 15) is 0 Å². The number of aromatic nitrogens is 2. The molecule has 6 heteroatoms. The summed E-state index contributed by atoms with van der Waals surface area (Å²) in [4.78, 5) is 13.3. The Labute approximate surface area is 134 Å². The van der Waals surface area contributed by atoms with Crippen molar-refractivity contribution in [1.29, 1.82) is 0 Å². The predicted molar refractivity (Wildman–Crippen MR) is 86.0 cm³/mol. The van der Waals surface area contributed by atoms with Gasteiger partial charge in [0.15, 0.2) is 0 Å². The largest absolute Gasteiger partial charge is 0.354 e. The minimum Gasteiger partial charge on any atom is -0.354 e. The van der Waals surface area contributed by atoms with Crippen LogP contribution >= 0.6 is 23.2 Å². The van der Waals surface area contributed by atoms with Gasteiger partial charge in [-0.2, -0.15) is 0 Å². The second-order valence-electron chi connectivity index (χ2n) is 5.01. The molecule has 3 heterocycles. The van der Waals surface area contributed by atoms with Crippen molar-refractivity contribution in [1.82, 2.24) is 14.9 Å². The smallest absolute Gasteiger partial charge is 0.129 e. The van der Waals surface area contributed by atoms with Crippen molar-refractivity contribution in [3.05, 3.63) is 52.4 Å². The maximum atomic E-state index is 6.17. The lowest BCUT2D eigenvalue weighted by Gasteiger charge is -2.35. The van der Waals surface area contributed by atoms with Gasteiger partial charge in [-0.3, -0.25) is 4.90 Å². The summed E-state index contributed by atoms with van der Waals surface area (Å²) in [5.41, 5.74) is 0.843. The van der Waals surface area contributed by atoms with E-state index in [0.717, 1.165) is 44.2 Å². The van der Waals surface area contributed by atoms with Gasteiger partial charge in [0.2, 0.25) is 0 Å². The molecule has 0 spiro atoms. The number of halogens is 2. The summed E-state index contributed by atoms with van der Waals surface area (Å²) in [6, 6.07) is 9.52. The third-order valence-corrected chi connectivity index (χ3v) is 4.16. The van der Waals surface area contributed by atoms with Gasteiger partial charge in [-0.25, -0.2) is 9.97 Å². The van der Waals surface area contributed by atoms with Gasteiger partial charge in [0.1, 0.15) is 11.0 Å². The van der Waals surface area contributed by atoms with Crippen molar-refractivity contribution in [3.8, 4) is 0 Å². The molecule has 0 radical (unpaired) electrons. The van der Waals surface area contributed by atoms with Crippen molar-refractivity contribution in [2.75, 3.05) is 31.1 Å². The van der Waals surface area contributed by atoms with E-state index in [1.807, 2.05) is 24.4 Å². The molecule has 4 nitrogen and oxygen atoms in total. The molecular weight excluding hydrogens is 307 g/mol. The summed E-state index contributed by atoms with van der Waals surface area (Å²) in [6.07, 6.45) is 1.83. The highest BCUT2D eigenvalue weighted by Crippen LogP contribution is 2.20. The highest BCUT2D eigenvalue weighted by atomic mass is 35.5. The van der Waals surface area contributed by atoms with E-state index in [0.29, 0.717) is 10.2 Å². The van der Waals surface area contributed by atoms with Crippen LogP contribution < -0.4 is 4.90 Å². The standard InChI is InChI=1S/C15H16Cl2N4/c16-12-4-5-14(17)19-13(12)11-20-7-9-21(10-8-20)15-3-1-2-6-18-15/h1-6H,7-11H2. The molecule has 0 saturated carbocycles. The Morgan fingerprint density at radius 3 is 2.52 bits per heavy atom. The molecule has 0 aliphatic carbocycles. The van der Waals surface area contributed by atoms with Gasteiger partial charge in [-0.05, 0) is 24.3 Å². The Bertz CT molecular complexity index is 598. The van der Waals surface area contributed by atoms with Crippen LogP contribution in [-0.2, 0) is 6.54 Å². The molecule has 1 saturated heterocycles. The fourth-order valence-corrected chi connectivity index (χ4v) is 2.79. The third-order valence-electron chi connectivity index (χ3n) is 3.60. The van der Waals surface area contributed by atoms with Gasteiger partial charge in [0, 0.05) is 38.9 Å². The number of hydrogen-bond donors (Lipinski definition) is 0. The van der Waals surface area contributed by atoms with Gasteiger partial charge < -0.3 is 4.90 Å². The maximum absolute atomic E-state index is 6.17. The molecule has 3 rings (SSSR count). The van der Waals surface area contributed by atoms with E-state index in [1.54, 1.807) is 12.1 Å². The number of nitrogens with zero attached hydrogens (tertiary/aromatic N) is 4. The minimum atomic E-state index is 0.488. The molecule has 0 bridgehead atoms. The monoisotopic (exact) mass is 322 g/mol. The summed E-state index contributed by atoms with van der Waals surface area (Å²) < 4.78 is 0. The van der Waals surface area contributed by atoms with E-state index in [1.165, 1.54) is 0 Å². The fraction of sp³-hybridized carbons (Fsp3) is 0.333. The van der Waals surface area contributed by atoms with Crippen LogP contribution in [0, 0.1) is 0 Å². The van der Waals surface area contributed by atoms with Crippen LogP contribution in [0.5, 0.6) is 0 Å². The molecular formula is C15H16Cl2N4. The van der Waals surface area contributed by atoms with Crippen molar-refractivity contribution in [2.45, 2.75) is 6.54 Å². The summed E-state index contributed by atoms with van der Waals surface area (Å²) in [5.74, 6) is 1.04. The molecule has 21 heavy (non-hydrogen) atoms. The first kappa shape index (κ1) is 14.6. The van der Waals surface area contributed by atoms with Gasteiger partial charge >= 0.3 is 0 Å². The molecule has 1 aliphatic rings. The SMILES string of the molecule is Clc1ccc(Cl)c(CN2CCN(c3ccccn3)CC2)n1. The van der Waals surface area contributed by atoms with Gasteiger partial charge in [-0.15, -0.1) is 0 Å². The topological polar surface area (TPSA) is 32.3 Å². The number of anilines is 1. The highest BCUT2D eigenvalue weighted by molar-refractivity contribution is 6.32. The zero-order valence-corrected chi connectivity index (χ0v) is 13.1. The minimum absolute atomic E-state index is 0.488. The first-order valence-electron chi connectivity index (χ1n) is 6.91. The van der Waals surface area contributed by atoms with Crippen molar-refractivity contribution >= 4 is 29.0 Å². The lowest BCUT2D eigenvalue weighted by molar-refractivity contribution is 0.246. The van der Waals surface area contributed by atoms with E-state index in [2.05, 4.69) is 19.8 Å². The molecule has 0 amide bonds.